The lowest BCUT2D eigenvalue weighted by molar-refractivity contribution is -0.152. The van der Waals surface area contributed by atoms with Crippen LogP contribution in [0, 0.1) is 0 Å². The zero-order valence-electron chi connectivity index (χ0n) is 34.4. The van der Waals surface area contributed by atoms with Crippen LogP contribution < -0.4 is 5.32 Å². The summed E-state index contributed by atoms with van der Waals surface area (Å²) >= 11 is 0. The number of esters is 1. The highest BCUT2D eigenvalue weighted by atomic mass is 31.2. The molecule has 1 amide bonds. The van der Waals surface area contributed by atoms with Gasteiger partial charge >= 0.3 is 19.7 Å². The molecule has 2 bridgehead atoms. The van der Waals surface area contributed by atoms with Gasteiger partial charge in [0, 0.05) is 58.9 Å². The first kappa shape index (κ1) is 44.9. The fraction of sp³-hybridized carbons (Fsp3) is 0.667. The van der Waals surface area contributed by atoms with Crippen LogP contribution >= 0.6 is 7.60 Å². The van der Waals surface area contributed by atoms with E-state index in [-0.39, 0.29) is 31.5 Å². The van der Waals surface area contributed by atoms with Crippen molar-refractivity contribution in [3.63, 3.8) is 0 Å². The van der Waals surface area contributed by atoms with Crippen LogP contribution in [0.5, 0.6) is 0 Å². The third-order valence-electron chi connectivity index (χ3n) is 9.56. The summed E-state index contributed by atoms with van der Waals surface area (Å²) in [6.07, 6.45) is 3.78. The van der Waals surface area contributed by atoms with E-state index in [0.29, 0.717) is 13.0 Å². The topological polar surface area (TPSA) is 113 Å². The quantitative estimate of drug-likeness (QED) is 0.115. The number of carbonyl (C=O) groups excluding carboxylic acids is 2. The molecule has 4 rings (SSSR count). The number of unbranched alkanes of at least 4 members (excludes halogenated alkanes) is 1. The first-order valence-corrected chi connectivity index (χ1v) is 22.0. The Bertz CT molecular complexity index is 1450. The molecule has 2 heterocycles. The molecule has 12 nitrogen and oxygen atoms in total. The van der Waals surface area contributed by atoms with Crippen molar-refractivity contribution in [1.82, 2.24) is 24.9 Å². The Labute approximate surface area is 330 Å². The molecular weight excluding hydrogens is 717 g/mol. The average Bonchev–Trinajstić information content (AvgIpc) is 3.12. The van der Waals surface area contributed by atoms with Crippen LogP contribution in [0.1, 0.15) is 84.8 Å². The van der Waals surface area contributed by atoms with Crippen LogP contribution in [0.15, 0.2) is 60.7 Å². The molecule has 0 aromatic heterocycles. The second-order valence-electron chi connectivity index (χ2n) is 16.8. The summed E-state index contributed by atoms with van der Waals surface area (Å²) in [5.74, 6) is -0.198. The van der Waals surface area contributed by atoms with E-state index in [2.05, 4.69) is 24.9 Å². The first-order valence-electron chi connectivity index (χ1n) is 20.2. The lowest BCUT2D eigenvalue weighted by Gasteiger charge is -2.38. The Hall–Kier alpha value is -2.83. The van der Waals surface area contributed by atoms with Gasteiger partial charge in [-0.2, -0.15) is 0 Å². The van der Waals surface area contributed by atoms with Crippen molar-refractivity contribution in [1.29, 1.82) is 0 Å². The molecule has 0 aliphatic carbocycles. The summed E-state index contributed by atoms with van der Waals surface area (Å²) in [5, 5.41) is 2.86. The van der Waals surface area contributed by atoms with Crippen molar-refractivity contribution >= 4 is 19.7 Å². The molecule has 0 spiro atoms. The van der Waals surface area contributed by atoms with Crippen LogP contribution in [0.2, 0.25) is 0 Å². The van der Waals surface area contributed by atoms with Gasteiger partial charge in [0.2, 0.25) is 0 Å². The summed E-state index contributed by atoms with van der Waals surface area (Å²) in [4.78, 5) is 35.7. The molecule has 1 N–H and O–H groups in total. The number of hydrogen-bond donors (Lipinski definition) is 1. The zero-order valence-corrected chi connectivity index (χ0v) is 35.3. The van der Waals surface area contributed by atoms with E-state index in [1.807, 2.05) is 102 Å². The van der Waals surface area contributed by atoms with E-state index in [9.17, 15) is 14.2 Å². The maximum Gasteiger partial charge on any atom is 0.407 e. The summed E-state index contributed by atoms with van der Waals surface area (Å²) in [5.41, 5.74) is 0.715. The van der Waals surface area contributed by atoms with Gasteiger partial charge in [-0.25, -0.2) is 4.79 Å². The SMILES string of the molecule is CC(C)(C)OP(=O)(CN1CCCN2CCN(CCCN(C(CCCCNC(=O)OCc3ccccc3)C(=O)OCc3ccccc3)CC2)CC1)OC(C)(C)C. The standard InChI is InChI=1S/C42H68N5O7P/c1-41(2,3)53-55(50,54-42(4,5)6)35-46-25-15-23-45-28-27-44(29-30-46)24-16-26-47(32-31-45)38(39(48)51-33-36-17-9-7-10-18-36)21-13-14-22-43-40(49)52-34-37-19-11-8-12-20-37/h7-12,17-20,38H,13-16,21-35H2,1-6H3,(H,43,49). The van der Waals surface area contributed by atoms with Crippen molar-refractivity contribution in [3.05, 3.63) is 71.8 Å². The highest BCUT2D eigenvalue weighted by molar-refractivity contribution is 7.53. The number of amides is 1. The predicted octanol–water partition coefficient (Wildman–Crippen LogP) is 6.99. The largest absolute Gasteiger partial charge is 0.460 e. The number of nitrogens with one attached hydrogen (secondary N) is 1. The van der Waals surface area contributed by atoms with Crippen molar-refractivity contribution in [2.24, 2.45) is 0 Å². The fourth-order valence-electron chi connectivity index (χ4n) is 7.06. The number of fused-ring (bicyclic) bond motifs is 3. The molecule has 2 aromatic carbocycles. The number of carbonyl (C=O) groups is 2. The summed E-state index contributed by atoms with van der Waals surface area (Å²) in [6, 6.07) is 19.0. The Morgan fingerprint density at radius 3 is 1.78 bits per heavy atom. The van der Waals surface area contributed by atoms with Crippen LogP contribution in [0.3, 0.4) is 0 Å². The number of alkyl carbamates (subject to hydrolysis) is 1. The smallest absolute Gasteiger partial charge is 0.407 e. The molecule has 0 saturated carbocycles. The summed E-state index contributed by atoms with van der Waals surface area (Å²) < 4.78 is 37.8. The zero-order chi connectivity index (χ0) is 39.7. The second kappa shape index (κ2) is 22.2. The molecule has 3 atom stereocenters. The fourth-order valence-corrected chi connectivity index (χ4v) is 9.65. The molecule has 2 aliphatic rings. The third-order valence-corrected chi connectivity index (χ3v) is 12.0. The molecule has 2 aromatic rings. The van der Waals surface area contributed by atoms with E-state index in [4.69, 9.17) is 18.5 Å². The number of rotatable bonds is 15. The minimum Gasteiger partial charge on any atom is -0.460 e. The highest BCUT2D eigenvalue weighted by Gasteiger charge is 2.37. The molecule has 2 fully saturated rings. The number of benzene rings is 2. The minimum atomic E-state index is -3.41. The van der Waals surface area contributed by atoms with Crippen molar-refractivity contribution < 1.29 is 32.7 Å². The number of hydrogen-bond acceptors (Lipinski definition) is 11. The molecule has 55 heavy (non-hydrogen) atoms. The molecule has 0 radical (unpaired) electrons. The molecule has 2 saturated heterocycles. The molecule has 3 unspecified atom stereocenters. The van der Waals surface area contributed by atoms with Gasteiger partial charge < -0.3 is 33.6 Å². The normalized spacial score (nSPS) is 20.3. The van der Waals surface area contributed by atoms with Crippen LogP contribution in [-0.2, 0) is 41.1 Å². The highest BCUT2D eigenvalue weighted by Crippen LogP contribution is 2.54. The predicted molar refractivity (Wildman–Crippen MR) is 218 cm³/mol. The van der Waals surface area contributed by atoms with Gasteiger partial charge in [-0.05, 0) is 97.9 Å². The maximum atomic E-state index is 14.2. The Morgan fingerprint density at radius 1 is 0.673 bits per heavy atom. The summed E-state index contributed by atoms with van der Waals surface area (Å²) in [7, 11) is -3.41. The Morgan fingerprint density at radius 2 is 1.20 bits per heavy atom. The van der Waals surface area contributed by atoms with Crippen molar-refractivity contribution in [3.8, 4) is 0 Å². The molecule has 2 aliphatic heterocycles. The van der Waals surface area contributed by atoms with E-state index in [1.165, 1.54) is 0 Å². The lowest BCUT2D eigenvalue weighted by Crippen LogP contribution is -2.50. The van der Waals surface area contributed by atoms with E-state index < -0.39 is 24.9 Å². The van der Waals surface area contributed by atoms with Gasteiger partial charge in [0.05, 0.1) is 11.2 Å². The Balaban J connectivity index is 1.37. The van der Waals surface area contributed by atoms with Crippen LogP contribution in [0.4, 0.5) is 4.79 Å². The molecule has 308 valence electrons. The first-order chi connectivity index (χ1) is 26.2. The van der Waals surface area contributed by atoms with Crippen molar-refractivity contribution in [2.45, 2.75) is 104 Å². The number of ether oxygens (including phenoxy) is 2. The van der Waals surface area contributed by atoms with Gasteiger partial charge in [0.25, 0.3) is 0 Å². The van der Waals surface area contributed by atoms with Gasteiger partial charge in [-0.1, -0.05) is 60.7 Å². The number of nitrogens with zero attached hydrogens (tertiary/aromatic N) is 4. The average molecular weight is 786 g/mol. The van der Waals surface area contributed by atoms with Gasteiger partial charge in [-0.15, -0.1) is 0 Å². The van der Waals surface area contributed by atoms with E-state index in [1.54, 1.807) is 0 Å². The third kappa shape index (κ3) is 17.9. The monoisotopic (exact) mass is 785 g/mol. The van der Waals surface area contributed by atoms with Gasteiger partial charge in [0.15, 0.2) is 0 Å². The second-order valence-corrected chi connectivity index (χ2v) is 18.7. The van der Waals surface area contributed by atoms with Gasteiger partial charge in [0.1, 0.15) is 25.5 Å². The minimum absolute atomic E-state index is 0.198. The Kier molecular flexibility index (Phi) is 18.1. The van der Waals surface area contributed by atoms with Crippen LogP contribution in [0.25, 0.3) is 0 Å². The molecular formula is C42H68N5O7P. The lowest BCUT2D eigenvalue weighted by atomic mass is 10.1. The van der Waals surface area contributed by atoms with Crippen molar-refractivity contribution in [2.75, 3.05) is 78.3 Å². The van der Waals surface area contributed by atoms with Crippen LogP contribution in [-0.4, -0.2) is 127 Å². The molecule has 13 heteroatoms. The maximum absolute atomic E-state index is 14.2. The summed E-state index contributed by atoms with van der Waals surface area (Å²) in [6.45, 7) is 21.0. The van der Waals surface area contributed by atoms with E-state index >= 15 is 0 Å². The van der Waals surface area contributed by atoms with E-state index in [0.717, 1.165) is 102 Å². The van der Waals surface area contributed by atoms with Gasteiger partial charge in [-0.3, -0.25) is 19.2 Å².